The molecule has 0 saturated carbocycles. The first-order valence-electron chi connectivity index (χ1n) is 3.34. The van der Waals surface area contributed by atoms with Gasteiger partial charge < -0.3 is 11.1 Å². The van der Waals surface area contributed by atoms with Gasteiger partial charge in [0.05, 0.1) is 6.54 Å². The molecule has 4 N–H and O–H groups in total. The lowest BCUT2D eigenvalue weighted by Gasteiger charge is -1.99. The van der Waals surface area contributed by atoms with E-state index in [-0.39, 0.29) is 11.8 Å². The van der Waals surface area contributed by atoms with Crippen LogP contribution in [0.25, 0.3) is 0 Å². The molecule has 0 aliphatic carbocycles. The smallest absolute Gasteiger partial charge is 0.288 e. The van der Waals surface area contributed by atoms with Crippen molar-refractivity contribution < 1.29 is 13.6 Å². The zero-order valence-electron chi connectivity index (χ0n) is 6.42. The van der Waals surface area contributed by atoms with Gasteiger partial charge in [-0.3, -0.25) is 9.89 Å². The highest BCUT2D eigenvalue weighted by atomic mass is 19.3. The third-order valence-electron chi connectivity index (χ3n) is 1.13. The molecular weight excluding hydrogens is 184 g/mol. The van der Waals surface area contributed by atoms with Crippen molar-refractivity contribution in [3.63, 3.8) is 0 Å². The molecule has 0 fully saturated rings. The van der Waals surface area contributed by atoms with Gasteiger partial charge in [-0.2, -0.15) is 4.98 Å². The Balaban J connectivity index is 2.49. The Morgan fingerprint density at radius 2 is 2.38 bits per heavy atom. The molecule has 72 valence electrons. The second-order valence-corrected chi connectivity index (χ2v) is 2.14. The molecule has 8 heteroatoms. The average molecular weight is 191 g/mol. The SMILES string of the molecule is Nc1n[nH]c(C(=O)NCC(F)F)n1. The minimum absolute atomic E-state index is 0.109. The number of rotatable bonds is 3. The number of amides is 1. The maximum atomic E-state index is 11.6. The first-order chi connectivity index (χ1) is 6.09. The zero-order chi connectivity index (χ0) is 9.84. The summed E-state index contributed by atoms with van der Waals surface area (Å²) in [6.45, 7) is -0.723. The van der Waals surface area contributed by atoms with Crippen molar-refractivity contribution in [1.82, 2.24) is 20.5 Å². The van der Waals surface area contributed by atoms with Crippen molar-refractivity contribution in [1.29, 1.82) is 0 Å². The van der Waals surface area contributed by atoms with Gasteiger partial charge in [0.15, 0.2) is 0 Å². The lowest BCUT2D eigenvalue weighted by atomic mass is 10.5. The minimum Gasteiger partial charge on any atom is -0.366 e. The number of hydrogen-bond acceptors (Lipinski definition) is 4. The van der Waals surface area contributed by atoms with Crippen LogP contribution in [-0.2, 0) is 0 Å². The lowest BCUT2D eigenvalue weighted by Crippen LogP contribution is -2.29. The Morgan fingerprint density at radius 1 is 1.69 bits per heavy atom. The number of anilines is 1. The third-order valence-corrected chi connectivity index (χ3v) is 1.13. The number of nitrogens with zero attached hydrogens (tertiary/aromatic N) is 2. The molecule has 0 radical (unpaired) electrons. The molecule has 0 bridgehead atoms. The number of H-pyrrole nitrogens is 1. The number of carbonyl (C=O) groups excluding carboxylic acids is 1. The quantitative estimate of drug-likeness (QED) is 0.593. The number of nitrogens with one attached hydrogen (secondary N) is 2. The Kier molecular flexibility index (Phi) is 2.72. The summed E-state index contributed by atoms with van der Waals surface area (Å²) in [4.78, 5) is 14.4. The molecule has 1 rings (SSSR count). The van der Waals surface area contributed by atoms with Crippen molar-refractivity contribution in [3.05, 3.63) is 5.82 Å². The van der Waals surface area contributed by atoms with Crippen LogP contribution < -0.4 is 11.1 Å². The van der Waals surface area contributed by atoms with Gasteiger partial charge in [-0.15, -0.1) is 5.10 Å². The Morgan fingerprint density at radius 3 is 2.85 bits per heavy atom. The van der Waals surface area contributed by atoms with Gasteiger partial charge in [0.25, 0.3) is 12.3 Å². The summed E-state index contributed by atoms with van der Waals surface area (Å²) in [6.07, 6.45) is -2.59. The van der Waals surface area contributed by atoms with Crippen LogP contribution in [0.5, 0.6) is 0 Å². The standard InChI is InChI=1S/C5H7F2N5O/c6-2(7)1-9-4(13)3-10-5(8)12-11-3/h2H,1H2,(H,9,13)(H3,8,10,11,12). The highest BCUT2D eigenvalue weighted by Gasteiger charge is 2.11. The van der Waals surface area contributed by atoms with Crippen LogP contribution in [0, 0.1) is 0 Å². The van der Waals surface area contributed by atoms with E-state index >= 15 is 0 Å². The first-order valence-corrected chi connectivity index (χ1v) is 3.34. The van der Waals surface area contributed by atoms with Crippen molar-refractivity contribution in [2.24, 2.45) is 0 Å². The minimum atomic E-state index is -2.59. The van der Waals surface area contributed by atoms with Gasteiger partial charge in [-0.05, 0) is 0 Å². The van der Waals surface area contributed by atoms with E-state index in [1.54, 1.807) is 0 Å². The second-order valence-electron chi connectivity index (χ2n) is 2.14. The van der Waals surface area contributed by atoms with E-state index in [0.29, 0.717) is 0 Å². The number of nitrogens with two attached hydrogens (primary N) is 1. The molecule has 1 heterocycles. The van der Waals surface area contributed by atoms with E-state index in [0.717, 1.165) is 0 Å². The number of aromatic nitrogens is 3. The normalized spacial score (nSPS) is 10.4. The molecule has 13 heavy (non-hydrogen) atoms. The molecule has 1 aromatic rings. The Hall–Kier alpha value is -1.73. The molecule has 0 unspecified atom stereocenters. The number of hydrogen-bond donors (Lipinski definition) is 3. The van der Waals surface area contributed by atoms with E-state index in [1.165, 1.54) is 0 Å². The summed E-state index contributed by atoms with van der Waals surface area (Å²) in [7, 11) is 0. The highest BCUT2D eigenvalue weighted by molar-refractivity contribution is 5.90. The van der Waals surface area contributed by atoms with Gasteiger partial charge in [0.1, 0.15) is 0 Å². The summed E-state index contributed by atoms with van der Waals surface area (Å²) < 4.78 is 23.3. The monoisotopic (exact) mass is 191 g/mol. The molecule has 0 atom stereocenters. The van der Waals surface area contributed by atoms with E-state index in [2.05, 4.69) is 15.2 Å². The molecule has 0 aromatic carbocycles. The van der Waals surface area contributed by atoms with Crippen molar-refractivity contribution in [2.75, 3.05) is 12.3 Å². The maximum absolute atomic E-state index is 11.6. The topological polar surface area (TPSA) is 96.7 Å². The zero-order valence-corrected chi connectivity index (χ0v) is 6.42. The van der Waals surface area contributed by atoms with Gasteiger partial charge in [0, 0.05) is 0 Å². The van der Waals surface area contributed by atoms with Crippen LogP contribution in [0.3, 0.4) is 0 Å². The molecule has 0 aliphatic rings. The van der Waals surface area contributed by atoms with E-state index in [1.807, 2.05) is 5.32 Å². The fourth-order valence-corrected chi connectivity index (χ4v) is 0.630. The van der Waals surface area contributed by atoms with E-state index in [9.17, 15) is 13.6 Å². The predicted molar refractivity (Wildman–Crippen MR) is 39.1 cm³/mol. The van der Waals surface area contributed by atoms with E-state index < -0.39 is 18.9 Å². The summed E-state index contributed by atoms with van der Waals surface area (Å²) >= 11 is 0. The number of alkyl halides is 2. The number of aromatic amines is 1. The molecule has 0 saturated heterocycles. The van der Waals surface area contributed by atoms with Crippen molar-refractivity contribution >= 4 is 11.9 Å². The fraction of sp³-hybridized carbons (Fsp3) is 0.400. The Labute approximate surface area is 71.5 Å². The fourth-order valence-electron chi connectivity index (χ4n) is 0.630. The number of nitrogen functional groups attached to an aromatic ring is 1. The third kappa shape index (κ3) is 2.65. The van der Waals surface area contributed by atoms with Gasteiger partial charge in [0.2, 0.25) is 11.8 Å². The van der Waals surface area contributed by atoms with Crippen molar-refractivity contribution in [3.8, 4) is 0 Å². The van der Waals surface area contributed by atoms with Crippen molar-refractivity contribution in [2.45, 2.75) is 6.43 Å². The van der Waals surface area contributed by atoms with Crippen LogP contribution in [0.1, 0.15) is 10.6 Å². The van der Waals surface area contributed by atoms with Gasteiger partial charge >= 0.3 is 0 Å². The molecule has 0 spiro atoms. The van der Waals surface area contributed by atoms with E-state index in [4.69, 9.17) is 5.73 Å². The van der Waals surface area contributed by atoms with Crippen LogP contribution in [0.2, 0.25) is 0 Å². The van der Waals surface area contributed by atoms with Crippen LogP contribution in [0.4, 0.5) is 14.7 Å². The lowest BCUT2D eigenvalue weighted by molar-refractivity contribution is 0.0882. The Bertz CT molecular complexity index is 299. The first kappa shape index (κ1) is 9.36. The number of halogens is 2. The number of carbonyl (C=O) groups is 1. The van der Waals surface area contributed by atoms with Crippen LogP contribution >= 0.6 is 0 Å². The van der Waals surface area contributed by atoms with Gasteiger partial charge in [-0.1, -0.05) is 0 Å². The highest BCUT2D eigenvalue weighted by Crippen LogP contribution is 1.93. The van der Waals surface area contributed by atoms with Crippen LogP contribution in [0.15, 0.2) is 0 Å². The summed E-state index contributed by atoms with van der Waals surface area (Å²) in [5.41, 5.74) is 5.09. The molecule has 1 amide bonds. The summed E-state index contributed by atoms with van der Waals surface area (Å²) in [5, 5.41) is 7.48. The van der Waals surface area contributed by atoms with Crippen LogP contribution in [-0.4, -0.2) is 34.1 Å². The summed E-state index contributed by atoms with van der Waals surface area (Å²) in [5.74, 6) is -1.05. The maximum Gasteiger partial charge on any atom is 0.288 e. The largest absolute Gasteiger partial charge is 0.366 e. The second kappa shape index (κ2) is 3.78. The van der Waals surface area contributed by atoms with Gasteiger partial charge in [-0.25, -0.2) is 8.78 Å². The molecule has 6 nitrogen and oxygen atoms in total. The molecule has 1 aromatic heterocycles. The molecule has 0 aliphatic heterocycles. The summed E-state index contributed by atoms with van der Waals surface area (Å²) in [6, 6.07) is 0. The predicted octanol–water partition coefficient (Wildman–Crippen LogP) is -0.618. The average Bonchev–Trinajstić information content (AvgIpc) is 2.47. The molecular formula is C5H7F2N5O.